The zero-order chi connectivity index (χ0) is 23.8. The number of hydrogen-bond donors (Lipinski definition) is 3. The Hall–Kier alpha value is -3.10. The fourth-order valence-corrected chi connectivity index (χ4v) is 4.22. The standard InChI is InChI=1S/C25H31NO7/c1-31-20-6-3-7-21(32-2)22(20)18-10-8-17(9-11-18)16-19(23(28)29)26-24(30)25(12-4-14-27)13-5-15-33-25/h3,6-11,19,27H,4-5,12-16H2,1-2H3,(H,26,30)(H,28,29)/t19-,25+/m0/s1. The van der Waals surface area contributed by atoms with E-state index in [-0.39, 0.29) is 13.0 Å². The first kappa shape index (κ1) is 24.5. The highest BCUT2D eigenvalue weighted by Gasteiger charge is 2.43. The van der Waals surface area contributed by atoms with Gasteiger partial charge in [0.1, 0.15) is 23.1 Å². The first-order valence-electron chi connectivity index (χ1n) is 11.0. The Morgan fingerprint density at radius 3 is 2.30 bits per heavy atom. The van der Waals surface area contributed by atoms with Crippen LogP contribution in [0.5, 0.6) is 11.5 Å². The van der Waals surface area contributed by atoms with Gasteiger partial charge in [0.25, 0.3) is 5.91 Å². The maximum atomic E-state index is 12.9. The number of aliphatic hydroxyl groups is 1. The lowest BCUT2D eigenvalue weighted by Gasteiger charge is -2.28. The van der Waals surface area contributed by atoms with Crippen LogP contribution < -0.4 is 14.8 Å². The minimum Gasteiger partial charge on any atom is -0.496 e. The molecule has 1 aliphatic heterocycles. The Morgan fingerprint density at radius 2 is 1.79 bits per heavy atom. The molecule has 8 nitrogen and oxygen atoms in total. The molecule has 3 rings (SSSR count). The molecule has 0 radical (unpaired) electrons. The quantitative estimate of drug-likeness (QED) is 0.475. The number of ether oxygens (including phenoxy) is 3. The molecule has 0 bridgehead atoms. The molecule has 2 aromatic carbocycles. The summed E-state index contributed by atoms with van der Waals surface area (Å²) in [5.41, 5.74) is 1.37. The molecule has 0 aromatic heterocycles. The molecule has 33 heavy (non-hydrogen) atoms. The Bertz CT molecular complexity index is 929. The number of carbonyl (C=O) groups is 2. The van der Waals surface area contributed by atoms with Crippen LogP contribution in [0, 0.1) is 0 Å². The monoisotopic (exact) mass is 457 g/mol. The fourth-order valence-electron chi connectivity index (χ4n) is 4.22. The zero-order valence-electron chi connectivity index (χ0n) is 19.0. The topological polar surface area (TPSA) is 114 Å². The molecule has 2 aromatic rings. The first-order chi connectivity index (χ1) is 15.9. The lowest BCUT2D eigenvalue weighted by Crippen LogP contribution is -2.53. The Labute approximate surface area is 193 Å². The van der Waals surface area contributed by atoms with Crippen molar-refractivity contribution >= 4 is 11.9 Å². The summed E-state index contributed by atoms with van der Waals surface area (Å²) in [4.78, 5) is 24.8. The van der Waals surface area contributed by atoms with E-state index in [9.17, 15) is 14.7 Å². The average molecular weight is 458 g/mol. The summed E-state index contributed by atoms with van der Waals surface area (Å²) in [6, 6.07) is 11.8. The smallest absolute Gasteiger partial charge is 0.326 e. The zero-order valence-corrected chi connectivity index (χ0v) is 19.0. The van der Waals surface area contributed by atoms with E-state index in [2.05, 4.69) is 5.32 Å². The maximum absolute atomic E-state index is 12.9. The van der Waals surface area contributed by atoms with E-state index in [1.165, 1.54) is 0 Å². The van der Waals surface area contributed by atoms with E-state index in [4.69, 9.17) is 19.3 Å². The van der Waals surface area contributed by atoms with Crippen LogP contribution in [0.4, 0.5) is 0 Å². The first-order valence-corrected chi connectivity index (χ1v) is 11.0. The fraction of sp³-hybridized carbons (Fsp3) is 0.440. The molecule has 1 amide bonds. The largest absolute Gasteiger partial charge is 0.496 e. The summed E-state index contributed by atoms with van der Waals surface area (Å²) in [6.45, 7) is 0.397. The number of carboxylic acids is 1. The van der Waals surface area contributed by atoms with Gasteiger partial charge in [0.05, 0.1) is 19.8 Å². The number of benzene rings is 2. The van der Waals surface area contributed by atoms with Crippen LogP contribution >= 0.6 is 0 Å². The molecule has 2 atom stereocenters. The highest BCUT2D eigenvalue weighted by atomic mass is 16.5. The molecule has 1 saturated heterocycles. The van der Waals surface area contributed by atoms with Crippen molar-refractivity contribution in [3.63, 3.8) is 0 Å². The molecule has 3 N–H and O–H groups in total. The van der Waals surface area contributed by atoms with E-state index in [1.807, 2.05) is 42.5 Å². The van der Waals surface area contributed by atoms with Crippen LogP contribution in [0.1, 0.15) is 31.2 Å². The minimum absolute atomic E-state index is 0.0515. The van der Waals surface area contributed by atoms with Gasteiger partial charge < -0.3 is 29.7 Å². The summed E-state index contributed by atoms with van der Waals surface area (Å²) in [5.74, 6) is -0.213. The number of methoxy groups -OCH3 is 2. The average Bonchev–Trinajstić information content (AvgIpc) is 3.32. The number of nitrogens with one attached hydrogen (secondary N) is 1. The van der Waals surface area contributed by atoms with Gasteiger partial charge in [0.15, 0.2) is 0 Å². The molecule has 1 aliphatic rings. The van der Waals surface area contributed by atoms with Crippen molar-refractivity contribution in [2.24, 2.45) is 0 Å². The van der Waals surface area contributed by atoms with Crippen molar-refractivity contribution in [3.8, 4) is 22.6 Å². The van der Waals surface area contributed by atoms with Gasteiger partial charge >= 0.3 is 5.97 Å². The van der Waals surface area contributed by atoms with Crippen LogP contribution in [-0.2, 0) is 20.7 Å². The number of amides is 1. The second-order valence-corrected chi connectivity index (χ2v) is 8.08. The minimum atomic E-state index is -1.12. The van der Waals surface area contributed by atoms with Crippen molar-refractivity contribution in [1.29, 1.82) is 0 Å². The maximum Gasteiger partial charge on any atom is 0.326 e. The van der Waals surface area contributed by atoms with E-state index < -0.39 is 23.5 Å². The summed E-state index contributed by atoms with van der Waals surface area (Å²) in [6.07, 6.45) is 2.14. The molecule has 8 heteroatoms. The molecule has 178 valence electrons. The van der Waals surface area contributed by atoms with Crippen LogP contribution in [-0.4, -0.2) is 61.2 Å². The molecule has 0 spiro atoms. The third-order valence-corrected chi connectivity index (χ3v) is 5.97. The number of aliphatic carboxylic acids is 1. The van der Waals surface area contributed by atoms with Gasteiger partial charge in [-0.05, 0) is 48.9 Å². The third-order valence-electron chi connectivity index (χ3n) is 5.97. The van der Waals surface area contributed by atoms with Gasteiger partial charge in [-0.25, -0.2) is 4.79 Å². The van der Waals surface area contributed by atoms with Crippen LogP contribution in [0.15, 0.2) is 42.5 Å². The SMILES string of the molecule is COc1cccc(OC)c1-c1ccc(C[C@H](NC(=O)[C@@]2(CCCO)CCCO2)C(=O)O)cc1. The summed E-state index contributed by atoms with van der Waals surface area (Å²) < 4.78 is 16.6. The van der Waals surface area contributed by atoms with Crippen LogP contribution in [0.3, 0.4) is 0 Å². The van der Waals surface area contributed by atoms with E-state index in [1.54, 1.807) is 14.2 Å². The summed E-state index contributed by atoms with van der Waals surface area (Å²) in [7, 11) is 3.18. The van der Waals surface area contributed by atoms with Crippen LogP contribution in [0.25, 0.3) is 11.1 Å². The van der Waals surface area contributed by atoms with Crippen molar-refractivity contribution in [2.75, 3.05) is 27.4 Å². The van der Waals surface area contributed by atoms with E-state index in [0.29, 0.717) is 37.4 Å². The van der Waals surface area contributed by atoms with E-state index >= 15 is 0 Å². The molecular formula is C25H31NO7. The number of rotatable bonds is 11. The summed E-state index contributed by atoms with van der Waals surface area (Å²) >= 11 is 0. The van der Waals surface area contributed by atoms with Crippen molar-refractivity contribution < 1.29 is 34.0 Å². The van der Waals surface area contributed by atoms with E-state index in [0.717, 1.165) is 23.1 Å². The number of carboxylic acid groups (broad SMARTS) is 1. The Morgan fingerprint density at radius 1 is 1.12 bits per heavy atom. The number of carbonyl (C=O) groups excluding carboxylic acids is 1. The predicted octanol–water partition coefficient (Wildman–Crippen LogP) is 2.80. The van der Waals surface area contributed by atoms with Gasteiger partial charge in [0, 0.05) is 19.6 Å². The van der Waals surface area contributed by atoms with Crippen molar-refractivity contribution in [3.05, 3.63) is 48.0 Å². The van der Waals surface area contributed by atoms with Gasteiger partial charge in [-0.2, -0.15) is 0 Å². The molecule has 1 heterocycles. The van der Waals surface area contributed by atoms with Crippen LogP contribution in [0.2, 0.25) is 0 Å². The van der Waals surface area contributed by atoms with Crippen molar-refractivity contribution in [1.82, 2.24) is 5.32 Å². The third kappa shape index (κ3) is 5.64. The second kappa shape index (κ2) is 11.2. The highest BCUT2D eigenvalue weighted by molar-refractivity contribution is 5.89. The lowest BCUT2D eigenvalue weighted by atomic mass is 9.92. The molecule has 0 aliphatic carbocycles. The normalized spacial score (nSPS) is 18.5. The molecule has 0 unspecified atom stereocenters. The lowest BCUT2D eigenvalue weighted by molar-refractivity contribution is -0.149. The number of aliphatic hydroxyl groups excluding tert-OH is 1. The van der Waals surface area contributed by atoms with Crippen molar-refractivity contribution in [2.45, 2.75) is 43.7 Å². The van der Waals surface area contributed by atoms with Gasteiger partial charge in [-0.3, -0.25) is 4.79 Å². The second-order valence-electron chi connectivity index (χ2n) is 8.08. The Balaban J connectivity index is 1.76. The predicted molar refractivity (Wildman–Crippen MR) is 122 cm³/mol. The van der Waals surface area contributed by atoms with Gasteiger partial charge in [0.2, 0.25) is 0 Å². The molecule has 0 saturated carbocycles. The summed E-state index contributed by atoms with van der Waals surface area (Å²) in [5, 5.41) is 21.5. The van der Waals surface area contributed by atoms with Gasteiger partial charge in [-0.15, -0.1) is 0 Å². The highest BCUT2D eigenvalue weighted by Crippen LogP contribution is 2.38. The Kier molecular flexibility index (Phi) is 8.30. The molecule has 1 fully saturated rings. The molecular weight excluding hydrogens is 426 g/mol. The number of hydrogen-bond acceptors (Lipinski definition) is 6. The van der Waals surface area contributed by atoms with Gasteiger partial charge in [-0.1, -0.05) is 30.3 Å².